The number of rotatable bonds is 5. The lowest BCUT2D eigenvalue weighted by atomic mass is 9.96. The zero-order valence-electron chi connectivity index (χ0n) is 12.5. The van der Waals surface area contributed by atoms with E-state index in [-0.39, 0.29) is 5.69 Å². The van der Waals surface area contributed by atoms with E-state index in [1.54, 1.807) is 0 Å². The van der Waals surface area contributed by atoms with Crippen LogP contribution in [-0.4, -0.2) is 16.5 Å². The number of hydrogen-bond acceptors (Lipinski definition) is 2. The van der Waals surface area contributed by atoms with Crippen LogP contribution in [-0.2, 0) is 0 Å². The fourth-order valence-corrected chi connectivity index (χ4v) is 4.39. The molecule has 2 fully saturated rings. The lowest BCUT2D eigenvalue weighted by Gasteiger charge is -2.21. The van der Waals surface area contributed by atoms with E-state index in [1.165, 1.54) is 24.8 Å². The van der Waals surface area contributed by atoms with Crippen molar-refractivity contribution in [1.29, 1.82) is 0 Å². The van der Waals surface area contributed by atoms with E-state index < -0.39 is 0 Å². The molecule has 4 nitrogen and oxygen atoms in total. The Labute approximate surface area is 124 Å². The van der Waals surface area contributed by atoms with E-state index in [9.17, 15) is 4.79 Å². The number of aromatic amines is 2. The Hall–Kier alpha value is -1.55. The Kier molecular flexibility index (Phi) is 3.14. The largest absolute Gasteiger partial charge is 0.323 e. The number of imidazole rings is 1. The number of aromatic nitrogens is 2. The van der Waals surface area contributed by atoms with E-state index in [1.807, 2.05) is 6.07 Å². The molecule has 112 valence electrons. The molecule has 4 heteroatoms. The molecule has 0 bridgehead atoms. The predicted molar refractivity (Wildman–Crippen MR) is 84.3 cm³/mol. The van der Waals surface area contributed by atoms with Gasteiger partial charge in [0, 0.05) is 6.04 Å². The first-order valence-electron chi connectivity index (χ1n) is 8.23. The summed E-state index contributed by atoms with van der Waals surface area (Å²) >= 11 is 0. The molecule has 1 heterocycles. The summed E-state index contributed by atoms with van der Waals surface area (Å²) in [6.07, 6.45) is 5.38. The first-order valence-corrected chi connectivity index (χ1v) is 8.23. The van der Waals surface area contributed by atoms with E-state index in [0.29, 0.717) is 6.04 Å². The normalized spacial score (nSPS) is 28.7. The highest BCUT2D eigenvalue weighted by Gasteiger charge is 2.55. The average molecular weight is 285 g/mol. The van der Waals surface area contributed by atoms with Gasteiger partial charge in [-0.25, -0.2) is 4.79 Å². The average Bonchev–Trinajstić information content (AvgIpc) is 2.85. The molecule has 3 atom stereocenters. The molecule has 4 rings (SSSR count). The summed E-state index contributed by atoms with van der Waals surface area (Å²) in [4.78, 5) is 17.1. The smallest absolute Gasteiger partial charge is 0.310 e. The van der Waals surface area contributed by atoms with Crippen molar-refractivity contribution in [3.63, 3.8) is 0 Å². The summed E-state index contributed by atoms with van der Waals surface area (Å²) in [6.45, 7) is 3.27. The molecule has 0 saturated heterocycles. The second-order valence-electron chi connectivity index (χ2n) is 6.65. The summed E-state index contributed by atoms with van der Waals surface area (Å²) in [5.74, 6) is 2.66. The van der Waals surface area contributed by atoms with Crippen LogP contribution < -0.4 is 11.0 Å². The van der Waals surface area contributed by atoms with Crippen molar-refractivity contribution in [2.24, 2.45) is 17.8 Å². The maximum atomic E-state index is 11.4. The van der Waals surface area contributed by atoms with Gasteiger partial charge in [-0.3, -0.25) is 0 Å². The van der Waals surface area contributed by atoms with Crippen LogP contribution in [0.4, 0.5) is 0 Å². The van der Waals surface area contributed by atoms with E-state index in [0.717, 1.165) is 41.8 Å². The van der Waals surface area contributed by atoms with Crippen LogP contribution in [0.5, 0.6) is 0 Å². The molecule has 3 unspecified atom stereocenters. The molecule has 0 aliphatic heterocycles. The summed E-state index contributed by atoms with van der Waals surface area (Å²) in [6, 6.07) is 6.80. The molecule has 2 aromatic rings. The SMILES string of the molecule is CCCNC(c1ccc2[nH]c(=O)[nH]c2c1)C1C2CCCC21. The quantitative estimate of drug-likeness (QED) is 0.791. The van der Waals surface area contributed by atoms with Gasteiger partial charge in [-0.2, -0.15) is 0 Å². The molecule has 3 N–H and O–H groups in total. The Balaban J connectivity index is 1.65. The second-order valence-corrected chi connectivity index (χ2v) is 6.65. The van der Waals surface area contributed by atoms with E-state index in [2.05, 4.69) is 34.3 Å². The topological polar surface area (TPSA) is 60.7 Å². The highest BCUT2D eigenvalue weighted by Crippen LogP contribution is 2.62. The summed E-state index contributed by atoms with van der Waals surface area (Å²) in [5.41, 5.74) is 3.02. The fourth-order valence-electron chi connectivity index (χ4n) is 4.39. The highest BCUT2D eigenvalue weighted by atomic mass is 16.1. The zero-order valence-corrected chi connectivity index (χ0v) is 12.5. The first-order chi connectivity index (χ1) is 10.3. The van der Waals surface area contributed by atoms with Gasteiger partial charge in [-0.05, 0) is 61.3 Å². The van der Waals surface area contributed by atoms with E-state index in [4.69, 9.17) is 0 Å². The molecular formula is C17H23N3O. The van der Waals surface area contributed by atoms with Crippen LogP contribution in [0.1, 0.15) is 44.2 Å². The molecule has 0 amide bonds. The Morgan fingerprint density at radius 1 is 1.24 bits per heavy atom. The molecule has 0 spiro atoms. The standard InChI is InChI=1S/C17H23N3O/c1-2-8-18-16(15-11-4-3-5-12(11)15)10-6-7-13-14(9-10)20-17(21)19-13/h6-7,9,11-12,15-16,18H,2-5,8H2,1H3,(H2,19,20,21). The molecule has 0 radical (unpaired) electrons. The van der Waals surface area contributed by atoms with Gasteiger partial charge < -0.3 is 15.3 Å². The van der Waals surface area contributed by atoms with Crippen LogP contribution >= 0.6 is 0 Å². The third kappa shape index (κ3) is 2.22. The highest BCUT2D eigenvalue weighted by molar-refractivity contribution is 5.75. The second kappa shape index (κ2) is 5.02. The van der Waals surface area contributed by atoms with Crippen LogP contribution in [0.15, 0.2) is 23.0 Å². The maximum Gasteiger partial charge on any atom is 0.323 e. The van der Waals surface area contributed by atoms with Crippen LogP contribution in [0.2, 0.25) is 0 Å². The predicted octanol–water partition coefficient (Wildman–Crippen LogP) is 2.94. The Morgan fingerprint density at radius 3 is 2.76 bits per heavy atom. The monoisotopic (exact) mass is 285 g/mol. The third-order valence-electron chi connectivity index (χ3n) is 5.37. The number of H-pyrrole nitrogens is 2. The molecule has 21 heavy (non-hydrogen) atoms. The van der Waals surface area contributed by atoms with Gasteiger partial charge in [0.2, 0.25) is 0 Å². The summed E-state index contributed by atoms with van der Waals surface area (Å²) in [7, 11) is 0. The minimum absolute atomic E-state index is 0.122. The molecular weight excluding hydrogens is 262 g/mol. The van der Waals surface area contributed by atoms with Gasteiger partial charge in [0.25, 0.3) is 0 Å². The molecule has 2 aliphatic carbocycles. The van der Waals surface area contributed by atoms with Crippen molar-refractivity contribution in [3.8, 4) is 0 Å². The molecule has 1 aromatic heterocycles. The van der Waals surface area contributed by atoms with Crippen LogP contribution in [0.25, 0.3) is 11.0 Å². The van der Waals surface area contributed by atoms with Crippen molar-refractivity contribution in [1.82, 2.24) is 15.3 Å². The molecule has 1 aromatic carbocycles. The molecule has 2 saturated carbocycles. The minimum Gasteiger partial charge on any atom is -0.310 e. The van der Waals surface area contributed by atoms with Gasteiger partial charge in [0.05, 0.1) is 11.0 Å². The van der Waals surface area contributed by atoms with Gasteiger partial charge >= 0.3 is 5.69 Å². The number of hydrogen-bond donors (Lipinski definition) is 3. The zero-order chi connectivity index (χ0) is 14.4. The van der Waals surface area contributed by atoms with Crippen LogP contribution in [0.3, 0.4) is 0 Å². The fraction of sp³-hybridized carbons (Fsp3) is 0.588. The van der Waals surface area contributed by atoms with Gasteiger partial charge in [0.1, 0.15) is 0 Å². The van der Waals surface area contributed by atoms with Crippen LogP contribution in [0, 0.1) is 17.8 Å². The summed E-state index contributed by atoms with van der Waals surface area (Å²) < 4.78 is 0. The Bertz CT molecular complexity index is 691. The number of fused-ring (bicyclic) bond motifs is 2. The van der Waals surface area contributed by atoms with Gasteiger partial charge in [-0.1, -0.05) is 19.4 Å². The maximum absolute atomic E-state index is 11.4. The third-order valence-corrected chi connectivity index (χ3v) is 5.37. The number of nitrogens with one attached hydrogen (secondary N) is 3. The van der Waals surface area contributed by atoms with E-state index >= 15 is 0 Å². The number of benzene rings is 1. The van der Waals surface area contributed by atoms with Gasteiger partial charge in [-0.15, -0.1) is 0 Å². The molecule has 2 aliphatic rings. The van der Waals surface area contributed by atoms with Crippen molar-refractivity contribution in [2.45, 2.75) is 38.6 Å². The lowest BCUT2D eigenvalue weighted by molar-refractivity contribution is 0.418. The Morgan fingerprint density at radius 2 is 2.00 bits per heavy atom. The first kappa shape index (κ1) is 13.1. The van der Waals surface area contributed by atoms with Crippen molar-refractivity contribution >= 4 is 11.0 Å². The minimum atomic E-state index is -0.122. The van der Waals surface area contributed by atoms with Crippen molar-refractivity contribution in [2.75, 3.05) is 6.54 Å². The van der Waals surface area contributed by atoms with Crippen molar-refractivity contribution < 1.29 is 0 Å². The lowest BCUT2D eigenvalue weighted by Crippen LogP contribution is -2.25. The van der Waals surface area contributed by atoms with Gasteiger partial charge in [0.15, 0.2) is 0 Å². The van der Waals surface area contributed by atoms with Crippen molar-refractivity contribution in [3.05, 3.63) is 34.2 Å². The summed E-state index contributed by atoms with van der Waals surface area (Å²) in [5, 5.41) is 3.75.